The number of carbonyl (C=O) groups is 1. The van der Waals surface area contributed by atoms with Crippen molar-refractivity contribution in [2.24, 2.45) is 5.73 Å². The molecule has 1 atom stereocenters. The molecule has 8 nitrogen and oxygen atoms in total. The molecular weight excluding hydrogens is 254 g/mol. The summed E-state index contributed by atoms with van der Waals surface area (Å²) in [4.78, 5) is 21.2. The quantitative estimate of drug-likeness (QED) is 0.418. The second-order valence-corrected chi connectivity index (χ2v) is 4.36. The van der Waals surface area contributed by atoms with E-state index in [9.17, 15) is 20.0 Å². The Bertz CT molecular complexity index is 501. The number of amides is 1. The lowest BCUT2D eigenvalue weighted by Crippen LogP contribution is -2.37. The van der Waals surface area contributed by atoms with Gasteiger partial charge in [0.2, 0.25) is 5.91 Å². The number of nitrogens with one attached hydrogen (secondary N) is 1. The fourth-order valence-corrected chi connectivity index (χ4v) is 1.33. The van der Waals surface area contributed by atoms with E-state index in [-0.39, 0.29) is 23.5 Å². The van der Waals surface area contributed by atoms with Crippen LogP contribution in [0.5, 0.6) is 0 Å². The minimum absolute atomic E-state index is 0.0196. The Labute approximate surface area is 109 Å². The number of rotatable bonds is 6. The van der Waals surface area contributed by atoms with Crippen LogP contribution < -0.4 is 11.1 Å². The van der Waals surface area contributed by atoms with Crippen LogP contribution in [-0.4, -0.2) is 39.8 Å². The Kier molecular flexibility index (Phi) is 4.41. The average molecular weight is 269 g/mol. The van der Waals surface area contributed by atoms with Gasteiger partial charge in [-0.3, -0.25) is 14.9 Å². The molecular formula is C11H15N3O5. The molecule has 104 valence electrons. The Morgan fingerprint density at radius 1 is 1.58 bits per heavy atom. The topological polar surface area (TPSA) is 139 Å². The number of benzene rings is 1. The van der Waals surface area contributed by atoms with E-state index in [0.29, 0.717) is 0 Å². The van der Waals surface area contributed by atoms with E-state index in [1.807, 2.05) is 0 Å². The molecule has 1 amide bonds. The Balaban J connectivity index is 3.01. The van der Waals surface area contributed by atoms with E-state index in [1.165, 1.54) is 19.1 Å². The SMILES string of the molecule is CC(O)(CO)CNc1ccc(C(N)=O)cc1[N+](=O)[O-]. The Morgan fingerprint density at radius 2 is 2.21 bits per heavy atom. The summed E-state index contributed by atoms with van der Waals surface area (Å²) in [6.07, 6.45) is 0. The lowest BCUT2D eigenvalue weighted by molar-refractivity contribution is -0.384. The van der Waals surface area contributed by atoms with Crippen molar-refractivity contribution < 1.29 is 19.9 Å². The summed E-state index contributed by atoms with van der Waals surface area (Å²) in [6, 6.07) is 3.72. The van der Waals surface area contributed by atoms with Crippen LogP contribution in [0.4, 0.5) is 11.4 Å². The third-order valence-electron chi connectivity index (χ3n) is 2.48. The van der Waals surface area contributed by atoms with Crippen molar-refractivity contribution in [2.75, 3.05) is 18.5 Å². The van der Waals surface area contributed by atoms with Crippen LogP contribution >= 0.6 is 0 Å². The first-order chi connectivity index (χ1) is 8.76. The van der Waals surface area contributed by atoms with Gasteiger partial charge >= 0.3 is 0 Å². The van der Waals surface area contributed by atoms with Crippen molar-refractivity contribution in [1.29, 1.82) is 0 Å². The highest BCUT2D eigenvalue weighted by atomic mass is 16.6. The first kappa shape index (κ1) is 14.9. The van der Waals surface area contributed by atoms with Crippen LogP contribution in [0.25, 0.3) is 0 Å². The van der Waals surface area contributed by atoms with E-state index in [0.717, 1.165) is 6.07 Å². The van der Waals surface area contributed by atoms with E-state index < -0.39 is 23.0 Å². The molecule has 8 heteroatoms. The molecule has 0 bridgehead atoms. The van der Waals surface area contributed by atoms with Gasteiger partial charge < -0.3 is 21.3 Å². The maximum absolute atomic E-state index is 11.0. The first-order valence-corrected chi connectivity index (χ1v) is 5.42. The van der Waals surface area contributed by atoms with E-state index in [2.05, 4.69) is 5.32 Å². The summed E-state index contributed by atoms with van der Waals surface area (Å²) in [5.74, 6) is -0.767. The maximum Gasteiger partial charge on any atom is 0.293 e. The lowest BCUT2D eigenvalue weighted by Gasteiger charge is -2.21. The van der Waals surface area contributed by atoms with Gasteiger partial charge in [-0.2, -0.15) is 0 Å². The highest BCUT2D eigenvalue weighted by molar-refractivity contribution is 5.94. The Morgan fingerprint density at radius 3 is 2.68 bits per heavy atom. The molecule has 0 aliphatic heterocycles. The average Bonchev–Trinajstić information content (AvgIpc) is 2.36. The molecule has 0 heterocycles. The number of nitro benzene ring substituents is 1. The van der Waals surface area contributed by atoms with Gasteiger partial charge in [0.25, 0.3) is 5.69 Å². The van der Waals surface area contributed by atoms with E-state index in [4.69, 9.17) is 10.8 Å². The lowest BCUT2D eigenvalue weighted by atomic mass is 10.1. The molecule has 1 rings (SSSR count). The van der Waals surface area contributed by atoms with Gasteiger partial charge in [-0.25, -0.2) is 0 Å². The summed E-state index contributed by atoms with van der Waals surface area (Å²) < 4.78 is 0. The number of hydrogen-bond acceptors (Lipinski definition) is 6. The van der Waals surface area contributed by atoms with Crippen LogP contribution in [0.3, 0.4) is 0 Å². The number of anilines is 1. The van der Waals surface area contributed by atoms with Crippen LogP contribution in [0, 0.1) is 10.1 Å². The largest absolute Gasteiger partial charge is 0.393 e. The first-order valence-electron chi connectivity index (χ1n) is 5.42. The predicted octanol–water partition coefficient (Wildman–Crippen LogP) is -0.151. The van der Waals surface area contributed by atoms with Crippen molar-refractivity contribution in [3.63, 3.8) is 0 Å². The molecule has 19 heavy (non-hydrogen) atoms. The number of hydrogen-bond donors (Lipinski definition) is 4. The summed E-state index contributed by atoms with van der Waals surface area (Å²) in [5, 5.41) is 32.0. The van der Waals surface area contributed by atoms with Crippen LogP contribution in [0.2, 0.25) is 0 Å². The predicted molar refractivity (Wildman–Crippen MR) is 67.8 cm³/mol. The molecule has 1 aromatic carbocycles. The van der Waals surface area contributed by atoms with Gasteiger partial charge in [-0.1, -0.05) is 0 Å². The van der Waals surface area contributed by atoms with Crippen molar-refractivity contribution in [1.82, 2.24) is 0 Å². The monoisotopic (exact) mass is 269 g/mol. The molecule has 0 saturated heterocycles. The number of nitrogens with two attached hydrogens (primary N) is 1. The fourth-order valence-electron chi connectivity index (χ4n) is 1.33. The maximum atomic E-state index is 11.0. The third-order valence-corrected chi connectivity index (χ3v) is 2.48. The summed E-state index contributed by atoms with van der Waals surface area (Å²) in [5.41, 5.74) is 3.46. The smallest absolute Gasteiger partial charge is 0.293 e. The zero-order valence-electron chi connectivity index (χ0n) is 10.3. The van der Waals surface area contributed by atoms with Crippen LogP contribution in [0.15, 0.2) is 18.2 Å². The molecule has 5 N–H and O–H groups in total. The number of carbonyl (C=O) groups excluding carboxylic acids is 1. The second kappa shape index (κ2) is 5.63. The normalized spacial score (nSPS) is 13.6. The number of nitrogens with zero attached hydrogens (tertiary/aromatic N) is 1. The molecule has 1 aromatic rings. The summed E-state index contributed by atoms with van der Waals surface area (Å²) in [6.45, 7) is 0.803. The molecule has 0 saturated carbocycles. The molecule has 0 fully saturated rings. The van der Waals surface area contributed by atoms with Gasteiger partial charge in [0.05, 0.1) is 11.5 Å². The van der Waals surface area contributed by atoms with Gasteiger partial charge in [0.15, 0.2) is 0 Å². The molecule has 1 unspecified atom stereocenters. The second-order valence-electron chi connectivity index (χ2n) is 4.36. The molecule has 0 aliphatic carbocycles. The standard InChI is InChI=1S/C11H15N3O5/c1-11(17,6-15)5-13-8-3-2-7(10(12)16)4-9(8)14(18)19/h2-4,13,15,17H,5-6H2,1H3,(H2,12,16). The molecule has 0 radical (unpaired) electrons. The third kappa shape index (κ3) is 3.90. The van der Waals surface area contributed by atoms with E-state index >= 15 is 0 Å². The Hall–Kier alpha value is -2.19. The van der Waals surface area contributed by atoms with Gasteiger partial charge in [-0.15, -0.1) is 0 Å². The fraction of sp³-hybridized carbons (Fsp3) is 0.364. The van der Waals surface area contributed by atoms with Gasteiger partial charge in [0.1, 0.15) is 11.3 Å². The van der Waals surface area contributed by atoms with Crippen molar-refractivity contribution >= 4 is 17.3 Å². The van der Waals surface area contributed by atoms with E-state index in [1.54, 1.807) is 0 Å². The zero-order valence-corrected chi connectivity index (χ0v) is 10.3. The number of aliphatic hydroxyl groups excluding tert-OH is 1. The minimum atomic E-state index is -1.41. The molecule has 0 aromatic heterocycles. The zero-order chi connectivity index (χ0) is 14.6. The number of primary amides is 1. The summed E-state index contributed by atoms with van der Waals surface area (Å²) in [7, 11) is 0. The van der Waals surface area contributed by atoms with Gasteiger partial charge in [-0.05, 0) is 19.1 Å². The van der Waals surface area contributed by atoms with Crippen LogP contribution in [-0.2, 0) is 0 Å². The van der Waals surface area contributed by atoms with Crippen molar-refractivity contribution in [3.05, 3.63) is 33.9 Å². The molecule has 0 aliphatic rings. The molecule has 0 spiro atoms. The van der Waals surface area contributed by atoms with Crippen LogP contribution in [0.1, 0.15) is 17.3 Å². The van der Waals surface area contributed by atoms with Crippen molar-refractivity contribution in [2.45, 2.75) is 12.5 Å². The summed E-state index contributed by atoms with van der Waals surface area (Å²) >= 11 is 0. The highest BCUT2D eigenvalue weighted by Gasteiger charge is 2.22. The highest BCUT2D eigenvalue weighted by Crippen LogP contribution is 2.25. The number of aliphatic hydroxyl groups is 2. The van der Waals surface area contributed by atoms with Gasteiger partial charge in [0, 0.05) is 18.2 Å². The number of nitro groups is 1. The van der Waals surface area contributed by atoms with Crippen molar-refractivity contribution in [3.8, 4) is 0 Å². The minimum Gasteiger partial charge on any atom is -0.393 e.